The van der Waals surface area contributed by atoms with E-state index in [0.717, 1.165) is 0 Å². The quantitative estimate of drug-likeness (QED) is 0.507. The maximum Gasteiger partial charge on any atom is 0.235 e. The van der Waals surface area contributed by atoms with Gasteiger partial charge in [-0.1, -0.05) is 0 Å². The number of phenolic OH excluding ortho intramolecular Hbond substituents is 1. The summed E-state index contributed by atoms with van der Waals surface area (Å²) in [5.74, 6) is -10.5. The number of benzene rings is 1. The van der Waals surface area contributed by atoms with Gasteiger partial charge in [0.05, 0.1) is 23.2 Å². The SMILES string of the molecule is CN(C)c1cc(-c2ncco2)c(O)c2c1C[C@H]1C[C@H]3CC(=O)C(C(N)=O)C(=O)[C@@]3(O)C(=O)C1C2=O. The molecular formula is C24H23N3O8. The number of phenols is 1. The Bertz CT molecular complexity index is 1310. The van der Waals surface area contributed by atoms with Crippen molar-refractivity contribution in [3.8, 4) is 17.2 Å². The van der Waals surface area contributed by atoms with Crippen molar-refractivity contribution in [1.82, 2.24) is 4.98 Å². The Balaban J connectivity index is 1.66. The molecule has 1 aromatic heterocycles. The van der Waals surface area contributed by atoms with Gasteiger partial charge in [0.25, 0.3) is 0 Å². The Kier molecular flexibility index (Phi) is 4.96. The predicted molar refractivity (Wildman–Crippen MR) is 118 cm³/mol. The Hall–Kier alpha value is -3.86. The number of Topliss-reactive ketones (excluding diaryl/α,β-unsaturated/α-hetero) is 4. The molecule has 35 heavy (non-hydrogen) atoms. The molecule has 3 aliphatic carbocycles. The molecule has 5 rings (SSSR count). The number of oxazole rings is 1. The lowest BCUT2D eigenvalue weighted by Gasteiger charge is -2.48. The van der Waals surface area contributed by atoms with E-state index in [-0.39, 0.29) is 36.3 Å². The number of amides is 1. The van der Waals surface area contributed by atoms with Crippen molar-refractivity contribution in [2.45, 2.75) is 24.9 Å². The minimum Gasteiger partial charge on any atom is -0.506 e. The van der Waals surface area contributed by atoms with Gasteiger partial charge in [-0.3, -0.25) is 24.0 Å². The first-order valence-corrected chi connectivity index (χ1v) is 11.1. The monoisotopic (exact) mass is 481 g/mol. The van der Waals surface area contributed by atoms with Crippen LogP contribution < -0.4 is 10.6 Å². The molecule has 11 nitrogen and oxygen atoms in total. The Morgan fingerprint density at radius 3 is 2.51 bits per heavy atom. The summed E-state index contributed by atoms with van der Waals surface area (Å²) in [6.45, 7) is 0. The van der Waals surface area contributed by atoms with Gasteiger partial charge >= 0.3 is 0 Å². The topological polar surface area (TPSA) is 181 Å². The van der Waals surface area contributed by atoms with Gasteiger partial charge in [0.15, 0.2) is 34.7 Å². The van der Waals surface area contributed by atoms with Gasteiger partial charge in [0.1, 0.15) is 12.0 Å². The molecule has 0 aliphatic heterocycles. The van der Waals surface area contributed by atoms with Crippen LogP contribution in [-0.4, -0.2) is 63.9 Å². The van der Waals surface area contributed by atoms with E-state index >= 15 is 0 Å². The number of carbonyl (C=O) groups excluding carboxylic acids is 5. The minimum atomic E-state index is -2.68. The van der Waals surface area contributed by atoms with E-state index in [1.165, 1.54) is 12.5 Å². The maximum atomic E-state index is 13.8. The number of aromatic nitrogens is 1. The van der Waals surface area contributed by atoms with E-state index < -0.39 is 64.1 Å². The van der Waals surface area contributed by atoms with Crippen molar-refractivity contribution in [2.75, 3.05) is 19.0 Å². The Labute approximate surface area is 198 Å². The van der Waals surface area contributed by atoms with Crippen LogP contribution in [0.2, 0.25) is 0 Å². The highest BCUT2D eigenvalue weighted by Gasteiger charge is 2.66. The number of hydrogen-bond acceptors (Lipinski definition) is 10. The van der Waals surface area contributed by atoms with Crippen molar-refractivity contribution in [1.29, 1.82) is 0 Å². The largest absolute Gasteiger partial charge is 0.506 e. The fraction of sp³-hybridized carbons (Fsp3) is 0.417. The van der Waals surface area contributed by atoms with Crippen molar-refractivity contribution < 1.29 is 38.6 Å². The molecule has 5 atom stereocenters. The zero-order valence-electron chi connectivity index (χ0n) is 19.0. The molecule has 0 radical (unpaired) electrons. The third-order valence-corrected chi connectivity index (χ3v) is 7.52. The third-order valence-electron chi connectivity index (χ3n) is 7.52. The number of aromatic hydroxyl groups is 1. The normalized spacial score (nSPS) is 29.9. The molecule has 1 amide bonds. The van der Waals surface area contributed by atoms with Gasteiger partial charge in [-0.25, -0.2) is 4.98 Å². The van der Waals surface area contributed by atoms with E-state index in [0.29, 0.717) is 11.3 Å². The van der Waals surface area contributed by atoms with Crippen LogP contribution in [0.3, 0.4) is 0 Å². The van der Waals surface area contributed by atoms with Gasteiger partial charge in [-0.2, -0.15) is 0 Å². The number of fused-ring (bicyclic) bond motifs is 3. The van der Waals surface area contributed by atoms with E-state index in [1.807, 2.05) is 0 Å². The molecular weight excluding hydrogens is 458 g/mol. The Morgan fingerprint density at radius 1 is 1.20 bits per heavy atom. The highest BCUT2D eigenvalue weighted by Crippen LogP contribution is 2.52. The summed E-state index contributed by atoms with van der Waals surface area (Å²) in [5.41, 5.74) is 3.69. The number of hydrogen-bond donors (Lipinski definition) is 3. The fourth-order valence-electron chi connectivity index (χ4n) is 5.93. The number of anilines is 1. The number of nitrogens with zero attached hydrogens (tertiary/aromatic N) is 2. The van der Waals surface area contributed by atoms with Crippen molar-refractivity contribution >= 4 is 34.7 Å². The van der Waals surface area contributed by atoms with Crippen LogP contribution in [0.5, 0.6) is 5.75 Å². The lowest BCUT2D eigenvalue weighted by atomic mass is 9.53. The highest BCUT2D eigenvalue weighted by atomic mass is 16.3. The molecule has 11 heteroatoms. The molecule has 1 heterocycles. The molecule has 1 aromatic carbocycles. The van der Waals surface area contributed by atoms with Crippen molar-refractivity contribution in [3.05, 3.63) is 29.7 Å². The maximum absolute atomic E-state index is 13.8. The molecule has 0 saturated heterocycles. The number of aliphatic hydroxyl groups is 1. The smallest absolute Gasteiger partial charge is 0.235 e. The third kappa shape index (κ3) is 3.00. The second kappa shape index (κ2) is 7.57. The summed E-state index contributed by atoms with van der Waals surface area (Å²) in [6, 6.07) is 1.64. The standard InChI is InChI=1S/C24H23N3O8/c1-27(2)13-8-12(23-26-3-4-35-23)18(29)16-11(13)6-9-5-10-7-14(28)17(22(25)33)21(32)24(10,34)20(31)15(9)19(16)30/h3-4,8-10,15,17,29,34H,5-7H2,1-2H3,(H2,25,33)/t9-,10+,15?,17?,24+/m1/s1. The lowest BCUT2D eigenvalue weighted by Crippen LogP contribution is -2.68. The van der Waals surface area contributed by atoms with Crippen LogP contribution >= 0.6 is 0 Å². The lowest BCUT2D eigenvalue weighted by molar-refractivity contribution is -0.175. The minimum absolute atomic E-state index is 0.0379. The Morgan fingerprint density at radius 2 is 1.91 bits per heavy atom. The summed E-state index contributed by atoms with van der Waals surface area (Å²) >= 11 is 0. The van der Waals surface area contributed by atoms with Gasteiger partial charge in [0.2, 0.25) is 11.8 Å². The summed E-state index contributed by atoms with van der Waals surface area (Å²) < 4.78 is 5.31. The van der Waals surface area contributed by atoms with Crippen LogP contribution in [0.15, 0.2) is 22.9 Å². The van der Waals surface area contributed by atoms with Gasteiger partial charge in [-0.05, 0) is 30.4 Å². The van der Waals surface area contributed by atoms with E-state index in [1.54, 1.807) is 25.1 Å². The van der Waals surface area contributed by atoms with Crippen molar-refractivity contribution in [2.24, 2.45) is 29.4 Å². The second-order valence-corrected chi connectivity index (χ2v) is 9.62. The second-order valence-electron chi connectivity index (χ2n) is 9.62. The summed E-state index contributed by atoms with van der Waals surface area (Å²) in [4.78, 5) is 70.3. The fourth-order valence-corrected chi connectivity index (χ4v) is 5.93. The van der Waals surface area contributed by atoms with Crippen LogP contribution in [0, 0.1) is 23.7 Å². The highest BCUT2D eigenvalue weighted by molar-refractivity contribution is 6.31. The van der Waals surface area contributed by atoms with Crippen LogP contribution in [0.25, 0.3) is 11.5 Å². The van der Waals surface area contributed by atoms with Crippen LogP contribution in [0.4, 0.5) is 5.69 Å². The number of nitrogens with two attached hydrogens (primary N) is 1. The van der Waals surface area contributed by atoms with Crippen molar-refractivity contribution in [3.63, 3.8) is 0 Å². The van der Waals surface area contributed by atoms with Gasteiger partial charge in [0, 0.05) is 32.1 Å². The number of rotatable bonds is 3. The number of ketones is 4. The average molecular weight is 481 g/mol. The summed E-state index contributed by atoms with van der Waals surface area (Å²) in [5, 5.41) is 22.4. The van der Waals surface area contributed by atoms with Gasteiger partial charge in [-0.15, -0.1) is 0 Å². The molecule has 0 bridgehead atoms. The molecule has 0 spiro atoms. The van der Waals surface area contributed by atoms with E-state index in [4.69, 9.17) is 10.2 Å². The van der Waals surface area contributed by atoms with Crippen LogP contribution in [0.1, 0.15) is 28.8 Å². The van der Waals surface area contributed by atoms with E-state index in [9.17, 15) is 34.2 Å². The molecule has 2 fully saturated rings. The first-order valence-electron chi connectivity index (χ1n) is 11.1. The van der Waals surface area contributed by atoms with E-state index in [2.05, 4.69) is 4.98 Å². The summed E-state index contributed by atoms with van der Waals surface area (Å²) in [7, 11) is 3.52. The summed E-state index contributed by atoms with van der Waals surface area (Å²) in [6.07, 6.45) is 2.55. The first-order chi connectivity index (χ1) is 16.5. The molecule has 2 aromatic rings. The molecule has 2 saturated carbocycles. The zero-order chi connectivity index (χ0) is 25.4. The van der Waals surface area contributed by atoms with Crippen LogP contribution in [-0.2, 0) is 25.6 Å². The average Bonchev–Trinajstić information content (AvgIpc) is 3.30. The molecule has 4 N–H and O–H groups in total. The number of carbonyl (C=O) groups is 5. The van der Waals surface area contributed by atoms with Gasteiger partial charge < -0.3 is 25.3 Å². The first kappa shape index (κ1) is 22.9. The molecule has 3 aliphatic rings. The molecule has 182 valence electrons. The molecule has 2 unspecified atom stereocenters. The number of primary amides is 1. The predicted octanol–water partition coefficient (Wildman–Crippen LogP) is 0.0479. The zero-order valence-corrected chi connectivity index (χ0v) is 19.0.